The molecular weight excluding hydrogens is 223 g/mol. The molecule has 6 heteroatoms. The Kier molecular flexibility index (Phi) is 3.21. The molecule has 2 heterocycles. The summed E-state index contributed by atoms with van der Waals surface area (Å²) in [7, 11) is 0. The molecule has 1 atom stereocenters. The van der Waals surface area contributed by atoms with Gasteiger partial charge in [-0.15, -0.1) is 0 Å². The van der Waals surface area contributed by atoms with Crippen LogP contribution in [-0.2, 0) is 11.2 Å². The Morgan fingerprint density at radius 2 is 2.41 bits per heavy atom. The Labute approximate surface area is 98.8 Å². The highest BCUT2D eigenvalue weighted by Gasteiger charge is 2.29. The second kappa shape index (κ2) is 4.65. The number of hydrogen-bond donors (Lipinski definition) is 1. The van der Waals surface area contributed by atoms with Crippen molar-refractivity contribution in [1.82, 2.24) is 9.97 Å². The summed E-state index contributed by atoms with van der Waals surface area (Å²) in [4.78, 5) is 20.6. The first-order valence-electron chi connectivity index (χ1n) is 5.67. The van der Waals surface area contributed by atoms with Gasteiger partial charge in [-0.05, 0) is 12.8 Å². The van der Waals surface area contributed by atoms with E-state index in [-0.39, 0.29) is 23.5 Å². The molecule has 0 spiro atoms. The Bertz CT molecular complexity index is 437. The predicted octanol–water partition coefficient (Wildman–Crippen LogP) is 0.490. The summed E-state index contributed by atoms with van der Waals surface area (Å²) in [6.07, 6.45) is 2.53. The van der Waals surface area contributed by atoms with Crippen LogP contribution in [0, 0.1) is 11.7 Å². The maximum atomic E-state index is 14.0. The second-order valence-corrected chi connectivity index (χ2v) is 4.15. The minimum atomic E-state index is -0.389. The number of amides is 1. The zero-order valence-electron chi connectivity index (χ0n) is 9.69. The average Bonchev–Trinajstić information content (AvgIpc) is 2.78. The van der Waals surface area contributed by atoms with Gasteiger partial charge in [0.25, 0.3) is 0 Å². The third-order valence-electron chi connectivity index (χ3n) is 3.07. The van der Waals surface area contributed by atoms with Gasteiger partial charge in [0.2, 0.25) is 5.91 Å². The lowest BCUT2D eigenvalue weighted by atomic mass is 10.1. The van der Waals surface area contributed by atoms with Crippen molar-refractivity contribution >= 4 is 11.7 Å². The van der Waals surface area contributed by atoms with Gasteiger partial charge in [-0.1, -0.05) is 6.92 Å². The minimum absolute atomic E-state index is 0.213. The lowest BCUT2D eigenvalue weighted by molar-refractivity contribution is -0.121. The van der Waals surface area contributed by atoms with E-state index < -0.39 is 0 Å². The number of anilines is 1. The van der Waals surface area contributed by atoms with Crippen molar-refractivity contribution in [1.29, 1.82) is 0 Å². The molecule has 1 aliphatic rings. The lowest BCUT2D eigenvalue weighted by Gasteiger charge is -2.18. The number of primary amides is 1. The Balaban J connectivity index is 2.22. The molecule has 1 amide bonds. The van der Waals surface area contributed by atoms with Crippen LogP contribution in [0.4, 0.5) is 10.2 Å². The summed E-state index contributed by atoms with van der Waals surface area (Å²) in [5.74, 6) is -0.659. The Morgan fingerprint density at radius 3 is 3.00 bits per heavy atom. The monoisotopic (exact) mass is 238 g/mol. The van der Waals surface area contributed by atoms with Gasteiger partial charge in [0.05, 0.1) is 11.6 Å². The van der Waals surface area contributed by atoms with Crippen molar-refractivity contribution in [2.24, 2.45) is 11.7 Å². The van der Waals surface area contributed by atoms with Crippen LogP contribution in [0.2, 0.25) is 0 Å². The molecule has 0 radical (unpaired) electrons. The van der Waals surface area contributed by atoms with Crippen LogP contribution >= 0.6 is 0 Å². The average molecular weight is 238 g/mol. The highest BCUT2D eigenvalue weighted by Crippen LogP contribution is 2.25. The molecule has 0 aliphatic carbocycles. The van der Waals surface area contributed by atoms with E-state index in [2.05, 4.69) is 9.97 Å². The summed E-state index contributed by atoms with van der Waals surface area (Å²) >= 11 is 0. The summed E-state index contributed by atoms with van der Waals surface area (Å²) in [6, 6.07) is 0. The van der Waals surface area contributed by atoms with E-state index in [0.717, 1.165) is 0 Å². The minimum Gasteiger partial charge on any atom is -0.369 e. The number of halogens is 1. The molecular formula is C11H15FN4O. The van der Waals surface area contributed by atoms with Crippen molar-refractivity contribution in [3.63, 3.8) is 0 Å². The summed E-state index contributed by atoms with van der Waals surface area (Å²) in [5.41, 5.74) is 5.64. The zero-order valence-corrected chi connectivity index (χ0v) is 9.69. The highest BCUT2D eigenvalue weighted by molar-refractivity contribution is 5.78. The normalized spacial score (nSPS) is 19.6. The van der Waals surface area contributed by atoms with Gasteiger partial charge in [0.1, 0.15) is 6.33 Å². The molecule has 1 aliphatic heterocycles. The summed E-state index contributed by atoms with van der Waals surface area (Å²) in [5, 5.41) is 0. The van der Waals surface area contributed by atoms with E-state index in [1.807, 2.05) is 6.92 Å². The third-order valence-corrected chi connectivity index (χ3v) is 3.07. The molecule has 5 nitrogen and oxygen atoms in total. The van der Waals surface area contributed by atoms with E-state index in [1.165, 1.54) is 6.33 Å². The van der Waals surface area contributed by atoms with Crippen molar-refractivity contribution in [3.05, 3.63) is 17.8 Å². The van der Waals surface area contributed by atoms with E-state index >= 15 is 0 Å². The summed E-state index contributed by atoms with van der Waals surface area (Å²) in [6.45, 7) is 2.88. The zero-order chi connectivity index (χ0) is 12.4. The largest absolute Gasteiger partial charge is 0.369 e. The van der Waals surface area contributed by atoms with E-state index in [1.54, 1.807) is 4.90 Å². The molecule has 1 fully saturated rings. The van der Waals surface area contributed by atoms with E-state index in [4.69, 9.17) is 5.73 Å². The van der Waals surface area contributed by atoms with E-state index in [9.17, 15) is 9.18 Å². The number of hydrogen-bond acceptors (Lipinski definition) is 4. The number of aryl methyl sites for hydroxylation is 1. The molecule has 92 valence electrons. The van der Waals surface area contributed by atoms with Gasteiger partial charge < -0.3 is 10.6 Å². The third kappa shape index (κ3) is 2.20. The maximum Gasteiger partial charge on any atom is 0.222 e. The number of aromatic nitrogens is 2. The topological polar surface area (TPSA) is 72.1 Å². The highest BCUT2D eigenvalue weighted by atomic mass is 19.1. The molecule has 0 unspecified atom stereocenters. The number of rotatable bonds is 3. The first-order chi connectivity index (χ1) is 8.13. The maximum absolute atomic E-state index is 14.0. The first-order valence-corrected chi connectivity index (χ1v) is 5.67. The SMILES string of the molecule is CCc1ncnc(N2CC[C@H](C(N)=O)C2)c1F. The van der Waals surface area contributed by atoms with Crippen LogP contribution in [0.25, 0.3) is 0 Å². The van der Waals surface area contributed by atoms with Crippen molar-refractivity contribution in [2.75, 3.05) is 18.0 Å². The molecule has 1 aromatic heterocycles. The van der Waals surface area contributed by atoms with Crippen LogP contribution in [0.5, 0.6) is 0 Å². The number of carbonyl (C=O) groups excluding carboxylic acids is 1. The lowest BCUT2D eigenvalue weighted by Crippen LogP contribution is -2.28. The molecule has 1 saturated heterocycles. The van der Waals surface area contributed by atoms with E-state index in [0.29, 0.717) is 31.6 Å². The standard InChI is InChI=1S/C11H15FN4O/c1-2-8-9(12)11(15-6-14-8)16-4-3-7(5-16)10(13)17/h6-7H,2-5H2,1H3,(H2,13,17)/t7-/m0/s1. The van der Waals surface area contributed by atoms with Gasteiger partial charge in [-0.3, -0.25) is 4.79 Å². The first kappa shape index (κ1) is 11.8. The predicted molar refractivity (Wildman–Crippen MR) is 60.9 cm³/mol. The molecule has 2 N–H and O–H groups in total. The molecule has 1 aromatic rings. The van der Waals surface area contributed by atoms with Crippen LogP contribution in [0.1, 0.15) is 19.0 Å². The van der Waals surface area contributed by atoms with Crippen LogP contribution in [0.3, 0.4) is 0 Å². The second-order valence-electron chi connectivity index (χ2n) is 4.15. The van der Waals surface area contributed by atoms with Gasteiger partial charge in [0, 0.05) is 13.1 Å². The number of nitrogens with two attached hydrogens (primary N) is 1. The fourth-order valence-corrected chi connectivity index (χ4v) is 2.05. The molecule has 0 saturated carbocycles. The van der Waals surface area contributed by atoms with Gasteiger partial charge in [-0.2, -0.15) is 0 Å². The van der Waals surface area contributed by atoms with Crippen molar-refractivity contribution in [2.45, 2.75) is 19.8 Å². The number of nitrogens with zero attached hydrogens (tertiary/aromatic N) is 3. The van der Waals surface area contributed by atoms with Gasteiger partial charge >= 0.3 is 0 Å². The Morgan fingerprint density at radius 1 is 1.65 bits per heavy atom. The van der Waals surface area contributed by atoms with Crippen LogP contribution in [0.15, 0.2) is 6.33 Å². The van der Waals surface area contributed by atoms with Crippen molar-refractivity contribution in [3.8, 4) is 0 Å². The quantitative estimate of drug-likeness (QED) is 0.831. The fourth-order valence-electron chi connectivity index (χ4n) is 2.05. The molecule has 2 rings (SSSR count). The number of carbonyl (C=O) groups is 1. The van der Waals surface area contributed by atoms with Crippen LogP contribution < -0.4 is 10.6 Å². The smallest absolute Gasteiger partial charge is 0.222 e. The summed E-state index contributed by atoms with van der Waals surface area (Å²) < 4.78 is 14.0. The molecule has 0 bridgehead atoms. The van der Waals surface area contributed by atoms with Crippen LogP contribution in [-0.4, -0.2) is 29.0 Å². The van der Waals surface area contributed by atoms with Gasteiger partial charge in [-0.25, -0.2) is 14.4 Å². The van der Waals surface area contributed by atoms with Crippen molar-refractivity contribution < 1.29 is 9.18 Å². The molecule has 0 aromatic carbocycles. The Hall–Kier alpha value is -1.72. The van der Waals surface area contributed by atoms with Gasteiger partial charge in [0.15, 0.2) is 11.6 Å². The fraction of sp³-hybridized carbons (Fsp3) is 0.545. The molecule has 17 heavy (non-hydrogen) atoms.